The Morgan fingerprint density at radius 2 is 2.05 bits per heavy atom. The third-order valence-electron chi connectivity index (χ3n) is 3.15. The number of nitrogens with one attached hydrogen (secondary N) is 2. The minimum absolute atomic E-state index is 0.203. The van der Waals surface area contributed by atoms with Crippen LogP contribution in [0.4, 0.5) is 0 Å². The Morgan fingerprint density at radius 3 is 2.82 bits per heavy atom. The summed E-state index contributed by atoms with van der Waals surface area (Å²) in [5.74, 6) is -0.203. The number of carbonyl (C=O) groups is 1. The topological polar surface area (TPSA) is 74.8 Å². The maximum absolute atomic E-state index is 11.8. The van der Waals surface area contributed by atoms with Crippen molar-refractivity contribution in [2.75, 3.05) is 0 Å². The highest BCUT2D eigenvalue weighted by Gasteiger charge is 2.06. The Labute approximate surface area is 130 Å². The van der Waals surface area contributed by atoms with E-state index in [1.54, 1.807) is 29.5 Å². The summed E-state index contributed by atoms with van der Waals surface area (Å²) >= 11 is 1.56. The van der Waals surface area contributed by atoms with Crippen LogP contribution in [0.3, 0.4) is 0 Å². The summed E-state index contributed by atoms with van der Waals surface area (Å²) in [6, 6.07) is 11.1. The summed E-state index contributed by atoms with van der Waals surface area (Å²) in [6.07, 6.45) is 3.25. The van der Waals surface area contributed by atoms with E-state index >= 15 is 0 Å². The lowest BCUT2D eigenvalue weighted by Gasteiger charge is -2.05. The first-order valence-electron chi connectivity index (χ1n) is 6.70. The van der Waals surface area contributed by atoms with Gasteiger partial charge in [0.05, 0.1) is 17.6 Å². The number of aromatic nitrogens is 2. The predicted octanol–water partition coefficient (Wildman–Crippen LogP) is 2.31. The largest absolute Gasteiger partial charge is 0.347 e. The monoisotopic (exact) mass is 311 g/mol. The summed E-state index contributed by atoms with van der Waals surface area (Å²) in [4.78, 5) is 24.5. The van der Waals surface area contributed by atoms with E-state index in [-0.39, 0.29) is 18.0 Å². The second-order valence-electron chi connectivity index (χ2n) is 4.61. The summed E-state index contributed by atoms with van der Waals surface area (Å²) < 4.78 is 0. The zero-order chi connectivity index (χ0) is 15.4. The third kappa shape index (κ3) is 3.12. The van der Waals surface area contributed by atoms with Crippen molar-refractivity contribution in [3.8, 4) is 0 Å². The number of amides is 1. The van der Waals surface area contributed by atoms with Gasteiger partial charge in [0.15, 0.2) is 0 Å². The molecule has 0 aliphatic carbocycles. The fraction of sp³-hybridized carbons (Fsp3) is 0.0625. The molecule has 1 amide bonds. The van der Waals surface area contributed by atoms with Crippen molar-refractivity contribution in [3.05, 3.63) is 68.8 Å². The van der Waals surface area contributed by atoms with Gasteiger partial charge in [0.25, 0.3) is 5.56 Å². The molecule has 3 aromatic rings. The van der Waals surface area contributed by atoms with E-state index in [9.17, 15) is 9.59 Å². The highest BCUT2D eigenvalue weighted by Crippen LogP contribution is 2.12. The molecular formula is C16H13N3O2S. The highest BCUT2D eigenvalue weighted by atomic mass is 32.1. The Bertz CT molecular complexity index is 882. The van der Waals surface area contributed by atoms with Crippen molar-refractivity contribution in [1.29, 1.82) is 0 Å². The summed E-state index contributed by atoms with van der Waals surface area (Å²) in [6.45, 7) is 0.255. The number of hydrogen-bond donors (Lipinski definition) is 2. The molecule has 0 aliphatic heterocycles. The van der Waals surface area contributed by atoms with Gasteiger partial charge >= 0.3 is 0 Å². The number of nitrogens with zero attached hydrogens (tertiary/aromatic N) is 1. The van der Waals surface area contributed by atoms with Crippen molar-refractivity contribution in [2.24, 2.45) is 0 Å². The smallest absolute Gasteiger partial charge is 0.272 e. The van der Waals surface area contributed by atoms with Gasteiger partial charge in [0.2, 0.25) is 5.91 Å². The molecule has 0 radical (unpaired) electrons. The molecule has 0 saturated heterocycles. The SMILES string of the molecule is O=C(C=Cc1cccs1)NCc1n[nH]c(=O)c2ccccc12. The van der Waals surface area contributed by atoms with Crippen LogP contribution in [0.15, 0.2) is 52.6 Å². The zero-order valence-corrected chi connectivity index (χ0v) is 12.4. The Kier molecular flexibility index (Phi) is 4.11. The van der Waals surface area contributed by atoms with Gasteiger partial charge in [0, 0.05) is 16.3 Å². The number of hydrogen-bond acceptors (Lipinski definition) is 4. The van der Waals surface area contributed by atoms with Crippen molar-refractivity contribution < 1.29 is 4.79 Å². The molecule has 110 valence electrons. The van der Waals surface area contributed by atoms with E-state index in [4.69, 9.17) is 0 Å². The lowest BCUT2D eigenvalue weighted by molar-refractivity contribution is -0.116. The second kappa shape index (κ2) is 6.36. The average Bonchev–Trinajstić information content (AvgIpc) is 3.06. The third-order valence-corrected chi connectivity index (χ3v) is 3.98. The van der Waals surface area contributed by atoms with Crippen LogP contribution < -0.4 is 10.9 Å². The van der Waals surface area contributed by atoms with Gasteiger partial charge in [-0.15, -0.1) is 11.3 Å². The fourth-order valence-electron chi connectivity index (χ4n) is 2.08. The van der Waals surface area contributed by atoms with E-state index in [1.807, 2.05) is 29.6 Å². The van der Waals surface area contributed by atoms with E-state index in [0.29, 0.717) is 11.1 Å². The number of H-pyrrole nitrogens is 1. The number of carbonyl (C=O) groups excluding carboxylic acids is 1. The molecule has 3 rings (SSSR count). The van der Waals surface area contributed by atoms with E-state index in [2.05, 4.69) is 15.5 Å². The van der Waals surface area contributed by atoms with Crippen molar-refractivity contribution in [2.45, 2.75) is 6.54 Å². The van der Waals surface area contributed by atoms with Crippen LogP contribution in [0.1, 0.15) is 10.6 Å². The van der Waals surface area contributed by atoms with Crippen LogP contribution in [-0.2, 0) is 11.3 Å². The molecule has 5 nitrogen and oxygen atoms in total. The molecule has 0 atom stereocenters. The maximum Gasteiger partial charge on any atom is 0.272 e. The van der Waals surface area contributed by atoms with Crippen LogP contribution in [0.2, 0.25) is 0 Å². The predicted molar refractivity (Wildman–Crippen MR) is 87.6 cm³/mol. The van der Waals surface area contributed by atoms with Gasteiger partial charge in [-0.2, -0.15) is 5.10 Å². The van der Waals surface area contributed by atoms with Crippen molar-refractivity contribution in [1.82, 2.24) is 15.5 Å². The molecule has 0 aliphatic rings. The van der Waals surface area contributed by atoms with Gasteiger partial charge in [0.1, 0.15) is 0 Å². The van der Waals surface area contributed by atoms with Crippen LogP contribution >= 0.6 is 11.3 Å². The van der Waals surface area contributed by atoms with Gasteiger partial charge < -0.3 is 5.32 Å². The number of aromatic amines is 1. The summed E-state index contributed by atoms with van der Waals surface area (Å²) in [7, 11) is 0. The molecule has 22 heavy (non-hydrogen) atoms. The summed E-state index contributed by atoms with van der Waals surface area (Å²) in [5.41, 5.74) is 0.399. The highest BCUT2D eigenvalue weighted by molar-refractivity contribution is 7.10. The minimum atomic E-state index is -0.233. The quantitative estimate of drug-likeness (QED) is 0.726. The normalized spacial score (nSPS) is 11.1. The van der Waals surface area contributed by atoms with Crippen molar-refractivity contribution in [3.63, 3.8) is 0 Å². The number of thiophene rings is 1. The van der Waals surface area contributed by atoms with Gasteiger partial charge in [-0.1, -0.05) is 24.3 Å². The molecule has 1 aromatic carbocycles. The lowest BCUT2D eigenvalue weighted by Crippen LogP contribution is -2.22. The van der Waals surface area contributed by atoms with Crippen LogP contribution in [-0.4, -0.2) is 16.1 Å². The first kappa shape index (κ1) is 14.2. The minimum Gasteiger partial charge on any atom is -0.347 e. The Hall–Kier alpha value is -2.73. The standard InChI is InChI=1S/C16H13N3O2S/c20-15(8-7-11-4-3-9-22-11)17-10-14-12-5-1-2-6-13(12)16(21)19-18-14/h1-9H,10H2,(H,17,20)(H,19,21). The zero-order valence-electron chi connectivity index (χ0n) is 11.6. The molecule has 0 unspecified atom stereocenters. The first-order valence-corrected chi connectivity index (χ1v) is 7.58. The van der Waals surface area contributed by atoms with Gasteiger partial charge in [-0.3, -0.25) is 9.59 Å². The molecule has 2 N–H and O–H groups in total. The summed E-state index contributed by atoms with van der Waals surface area (Å²) in [5, 5.41) is 12.5. The molecule has 0 spiro atoms. The average molecular weight is 311 g/mol. The second-order valence-corrected chi connectivity index (χ2v) is 5.59. The molecule has 0 bridgehead atoms. The van der Waals surface area contributed by atoms with Gasteiger partial charge in [-0.05, 0) is 23.6 Å². The lowest BCUT2D eigenvalue weighted by atomic mass is 10.1. The van der Waals surface area contributed by atoms with Crippen LogP contribution in [0.5, 0.6) is 0 Å². The molecular weight excluding hydrogens is 298 g/mol. The van der Waals surface area contributed by atoms with E-state index < -0.39 is 0 Å². The molecule has 6 heteroatoms. The number of benzene rings is 1. The van der Waals surface area contributed by atoms with Crippen LogP contribution in [0.25, 0.3) is 16.8 Å². The number of fused-ring (bicyclic) bond motifs is 1. The van der Waals surface area contributed by atoms with E-state index in [0.717, 1.165) is 10.3 Å². The van der Waals surface area contributed by atoms with Crippen molar-refractivity contribution >= 4 is 34.1 Å². The molecule has 0 saturated carbocycles. The number of rotatable bonds is 4. The van der Waals surface area contributed by atoms with E-state index in [1.165, 1.54) is 6.08 Å². The fourth-order valence-corrected chi connectivity index (χ4v) is 2.70. The first-order chi connectivity index (χ1) is 10.7. The molecule has 2 heterocycles. The Balaban J connectivity index is 1.73. The van der Waals surface area contributed by atoms with Gasteiger partial charge in [-0.25, -0.2) is 5.10 Å². The Morgan fingerprint density at radius 1 is 1.23 bits per heavy atom. The molecule has 0 fully saturated rings. The molecule has 2 aromatic heterocycles. The van der Waals surface area contributed by atoms with Crippen LogP contribution in [0, 0.1) is 0 Å². The maximum atomic E-state index is 11.8.